The average Bonchev–Trinajstić information content (AvgIpc) is 2.41. The molecule has 1 unspecified atom stereocenters. The molecule has 0 aliphatic heterocycles. The van der Waals surface area contributed by atoms with Gasteiger partial charge in [-0.15, -0.1) is 0 Å². The van der Waals surface area contributed by atoms with Crippen molar-refractivity contribution < 1.29 is 13.9 Å². The number of amides is 1. The summed E-state index contributed by atoms with van der Waals surface area (Å²) in [5.74, 6) is -0.0257. The van der Waals surface area contributed by atoms with Gasteiger partial charge in [0.25, 0.3) is 5.91 Å². The summed E-state index contributed by atoms with van der Waals surface area (Å²) >= 11 is 0. The third kappa shape index (κ3) is 6.20. The van der Waals surface area contributed by atoms with E-state index < -0.39 is 6.10 Å². The minimum atomic E-state index is -0.600. The SMILES string of the molecule is CCCNCCNC(=O)C(C)Oc1ccc(F)cc1. The number of hydrogen-bond donors (Lipinski definition) is 2. The molecule has 1 rings (SSSR count). The van der Waals surface area contributed by atoms with Crippen LogP contribution in [0.5, 0.6) is 5.75 Å². The predicted molar refractivity (Wildman–Crippen MR) is 72.7 cm³/mol. The van der Waals surface area contributed by atoms with Gasteiger partial charge in [-0.2, -0.15) is 0 Å². The summed E-state index contributed by atoms with van der Waals surface area (Å²) in [4.78, 5) is 11.7. The van der Waals surface area contributed by atoms with Crippen LogP contribution in [0.2, 0.25) is 0 Å². The monoisotopic (exact) mass is 268 g/mol. The fraction of sp³-hybridized carbons (Fsp3) is 0.500. The van der Waals surface area contributed by atoms with E-state index in [1.54, 1.807) is 6.92 Å². The van der Waals surface area contributed by atoms with Gasteiger partial charge in [0, 0.05) is 13.1 Å². The summed E-state index contributed by atoms with van der Waals surface area (Å²) in [6.07, 6.45) is 0.467. The van der Waals surface area contributed by atoms with Gasteiger partial charge in [-0.05, 0) is 44.2 Å². The first-order valence-corrected chi connectivity index (χ1v) is 6.54. The summed E-state index contributed by atoms with van der Waals surface area (Å²) < 4.78 is 18.1. The highest BCUT2D eigenvalue weighted by atomic mass is 19.1. The number of benzene rings is 1. The van der Waals surface area contributed by atoms with Crippen molar-refractivity contribution >= 4 is 5.91 Å². The van der Waals surface area contributed by atoms with Gasteiger partial charge in [0.1, 0.15) is 11.6 Å². The molecule has 0 radical (unpaired) electrons. The van der Waals surface area contributed by atoms with Crippen LogP contribution in [0.3, 0.4) is 0 Å². The van der Waals surface area contributed by atoms with E-state index in [4.69, 9.17) is 4.74 Å². The molecule has 1 amide bonds. The second-order valence-electron chi connectivity index (χ2n) is 4.26. The summed E-state index contributed by atoms with van der Waals surface area (Å²) in [7, 11) is 0. The number of carbonyl (C=O) groups excluding carboxylic acids is 1. The smallest absolute Gasteiger partial charge is 0.260 e. The van der Waals surface area contributed by atoms with Crippen LogP contribution in [0.1, 0.15) is 20.3 Å². The Morgan fingerprint density at radius 2 is 1.95 bits per heavy atom. The average molecular weight is 268 g/mol. The molecule has 0 aromatic heterocycles. The van der Waals surface area contributed by atoms with Crippen molar-refractivity contribution in [2.75, 3.05) is 19.6 Å². The zero-order chi connectivity index (χ0) is 14.1. The van der Waals surface area contributed by atoms with E-state index in [0.717, 1.165) is 19.5 Å². The lowest BCUT2D eigenvalue weighted by atomic mass is 10.3. The van der Waals surface area contributed by atoms with E-state index >= 15 is 0 Å². The van der Waals surface area contributed by atoms with Crippen molar-refractivity contribution in [1.29, 1.82) is 0 Å². The van der Waals surface area contributed by atoms with E-state index in [0.29, 0.717) is 12.3 Å². The first-order chi connectivity index (χ1) is 9.13. The summed E-state index contributed by atoms with van der Waals surface area (Å²) in [6.45, 7) is 6.00. The van der Waals surface area contributed by atoms with Crippen molar-refractivity contribution in [3.8, 4) is 5.75 Å². The van der Waals surface area contributed by atoms with Crippen LogP contribution < -0.4 is 15.4 Å². The Labute approximate surface area is 113 Å². The molecule has 2 N–H and O–H groups in total. The van der Waals surface area contributed by atoms with Crippen molar-refractivity contribution in [2.45, 2.75) is 26.4 Å². The molecule has 1 aromatic rings. The Morgan fingerprint density at radius 1 is 1.26 bits per heavy atom. The molecule has 19 heavy (non-hydrogen) atoms. The first-order valence-electron chi connectivity index (χ1n) is 6.54. The Balaban J connectivity index is 2.26. The summed E-state index contributed by atoms with van der Waals surface area (Å²) in [6, 6.07) is 5.60. The zero-order valence-corrected chi connectivity index (χ0v) is 11.4. The zero-order valence-electron chi connectivity index (χ0n) is 11.4. The number of hydrogen-bond acceptors (Lipinski definition) is 3. The quantitative estimate of drug-likeness (QED) is 0.706. The number of halogens is 1. The lowest BCUT2D eigenvalue weighted by Gasteiger charge is -2.14. The van der Waals surface area contributed by atoms with Gasteiger partial charge in [0.2, 0.25) is 0 Å². The molecular formula is C14H21FN2O2. The molecule has 0 aliphatic carbocycles. The molecule has 1 atom stereocenters. The maximum absolute atomic E-state index is 12.7. The maximum atomic E-state index is 12.7. The number of nitrogens with one attached hydrogen (secondary N) is 2. The highest BCUT2D eigenvalue weighted by Crippen LogP contribution is 2.12. The fourth-order valence-corrected chi connectivity index (χ4v) is 1.49. The summed E-state index contributed by atoms with van der Waals surface area (Å²) in [5, 5.41) is 5.96. The van der Waals surface area contributed by atoms with E-state index in [1.807, 2.05) is 0 Å². The molecule has 0 spiro atoms. The van der Waals surface area contributed by atoms with E-state index in [2.05, 4.69) is 17.6 Å². The molecule has 0 saturated heterocycles. The molecule has 4 nitrogen and oxygen atoms in total. The second kappa shape index (κ2) is 8.48. The number of ether oxygens (including phenoxy) is 1. The van der Waals surface area contributed by atoms with Crippen molar-refractivity contribution in [1.82, 2.24) is 10.6 Å². The second-order valence-corrected chi connectivity index (χ2v) is 4.26. The third-order valence-corrected chi connectivity index (χ3v) is 2.52. The first kappa shape index (κ1) is 15.4. The Kier molecular flexibility index (Phi) is 6.89. The highest BCUT2D eigenvalue weighted by Gasteiger charge is 2.13. The minimum Gasteiger partial charge on any atom is -0.481 e. The van der Waals surface area contributed by atoms with Crippen LogP contribution in [0.15, 0.2) is 24.3 Å². The Morgan fingerprint density at radius 3 is 2.58 bits per heavy atom. The van der Waals surface area contributed by atoms with Crippen LogP contribution in [0.25, 0.3) is 0 Å². The van der Waals surface area contributed by atoms with Crippen molar-refractivity contribution in [3.63, 3.8) is 0 Å². The van der Waals surface area contributed by atoms with Gasteiger partial charge in [-0.25, -0.2) is 4.39 Å². The van der Waals surface area contributed by atoms with Gasteiger partial charge in [-0.3, -0.25) is 4.79 Å². The molecule has 5 heteroatoms. The molecule has 0 heterocycles. The number of rotatable bonds is 8. The molecule has 0 aliphatic rings. The van der Waals surface area contributed by atoms with E-state index in [-0.39, 0.29) is 11.7 Å². The van der Waals surface area contributed by atoms with Crippen molar-refractivity contribution in [2.24, 2.45) is 0 Å². The molecule has 0 bridgehead atoms. The molecular weight excluding hydrogens is 247 g/mol. The standard InChI is InChI=1S/C14H21FN2O2/c1-3-8-16-9-10-17-14(18)11(2)19-13-6-4-12(15)5-7-13/h4-7,11,16H,3,8-10H2,1-2H3,(H,17,18). The van der Waals surface area contributed by atoms with Gasteiger partial charge in [0.15, 0.2) is 6.10 Å². The van der Waals surface area contributed by atoms with Gasteiger partial charge in [-0.1, -0.05) is 6.92 Å². The fourth-order valence-electron chi connectivity index (χ4n) is 1.49. The van der Waals surface area contributed by atoms with Crippen LogP contribution >= 0.6 is 0 Å². The molecule has 1 aromatic carbocycles. The Bertz CT molecular complexity index is 382. The van der Waals surface area contributed by atoms with Crippen LogP contribution in [0.4, 0.5) is 4.39 Å². The van der Waals surface area contributed by atoms with Crippen LogP contribution in [-0.2, 0) is 4.79 Å². The van der Waals surface area contributed by atoms with Gasteiger partial charge < -0.3 is 15.4 Å². The minimum absolute atomic E-state index is 0.178. The van der Waals surface area contributed by atoms with Crippen LogP contribution in [-0.4, -0.2) is 31.6 Å². The van der Waals surface area contributed by atoms with E-state index in [9.17, 15) is 9.18 Å². The molecule has 0 fully saturated rings. The Hall–Kier alpha value is -1.62. The molecule has 106 valence electrons. The maximum Gasteiger partial charge on any atom is 0.260 e. The summed E-state index contributed by atoms with van der Waals surface area (Å²) in [5.41, 5.74) is 0. The van der Waals surface area contributed by atoms with Crippen LogP contribution in [0, 0.1) is 5.82 Å². The van der Waals surface area contributed by atoms with Gasteiger partial charge in [0.05, 0.1) is 0 Å². The van der Waals surface area contributed by atoms with E-state index in [1.165, 1.54) is 24.3 Å². The van der Waals surface area contributed by atoms with Gasteiger partial charge >= 0.3 is 0 Å². The number of carbonyl (C=O) groups is 1. The topological polar surface area (TPSA) is 50.4 Å². The normalized spacial score (nSPS) is 11.9. The predicted octanol–water partition coefficient (Wildman–Crippen LogP) is 1.71. The van der Waals surface area contributed by atoms with Crippen molar-refractivity contribution in [3.05, 3.63) is 30.1 Å². The third-order valence-electron chi connectivity index (χ3n) is 2.52. The lowest BCUT2D eigenvalue weighted by molar-refractivity contribution is -0.127. The molecule has 0 saturated carbocycles. The largest absolute Gasteiger partial charge is 0.481 e. The highest BCUT2D eigenvalue weighted by molar-refractivity contribution is 5.80. The lowest BCUT2D eigenvalue weighted by Crippen LogP contribution is -2.39.